The molecule has 1 aromatic rings. The van der Waals surface area contributed by atoms with Crippen molar-refractivity contribution in [2.45, 2.75) is 39.5 Å². The van der Waals surface area contributed by atoms with Crippen LogP contribution in [0.4, 0.5) is 0 Å². The fourth-order valence-corrected chi connectivity index (χ4v) is 2.89. The Morgan fingerprint density at radius 2 is 0.800 bits per heavy atom. The molecule has 0 unspecified atom stereocenters. The van der Waals surface area contributed by atoms with Crippen molar-refractivity contribution in [1.82, 2.24) is 0 Å². The van der Waals surface area contributed by atoms with Gasteiger partial charge in [0.05, 0.1) is 0 Å². The molecule has 0 nitrogen and oxygen atoms in total. The average molecular weight is 266 g/mol. The number of benzene rings is 1. The molecule has 0 saturated carbocycles. The van der Waals surface area contributed by atoms with Gasteiger partial charge in [0.15, 0.2) is 0 Å². The Hall–Kier alpha value is -1.82. The van der Waals surface area contributed by atoms with Crippen molar-refractivity contribution in [3.05, 3.63) is 84.0 Å². The lowest BCUT2D eigenvalue weighted by Crippen LogP contribution is -2.09. The van der Waals surface area contributed by atoms with Crippen molar-refractivity contribution < 1.29 is 0 Å². The molecule has 0 spiro atoms. The molecule has 0 N–H and O–H groups in total. The molecule has 0 amide bonds. The SMILES string of the molecule is C=CCc1c(C)c(C)c(CC=C)c(CC=C)c1CC=C. The summed E-state index contributed by atoms with van der Waals surface area (Å²) < 4.78 is 0. The van der Waals surface area contributed by atoms with E-state index in [0.717, 1.165) is 25.7 Å². The third-order valence-corrected chi connectivity index (χ3v) is 3.95. The highest BCUT2D eigenvalue weighted by atomic mass is 14.2. The molecule has 0 heterocycles. The quantitative estimate of drug-likeness (QED) is 0.566. The molecule has 0 aliphatic rings. The van der Waals surface area contributed by atoms with Gasteiger partial charge in [-0.1, -0.05) is 24.3 Å². The van der Waals surface area contributed by atoms with Crippen LogP contribution in [0.25, 0.3) is 0 Å². The smallest absolute Gasteiger partial charge is 0.00942 e. The molecule has 0 fully saturated rings. The lowest BCUT2D eigenvalue weighted by Gasteiger charge is -2.22. The summed E-state index contributed by atoms with van der Waals surface area (Å²) in [5, 5.41) is 0. The fourth-order valence-electron chi connectivity index (χ4n) is 2.89. The van der Waals surface area contributed by atoms with Gasteiger partial charge in [-0.05, 0) is 72.9 Å². The topological polar surface area (TPSA) is 0 Å². The van der Waals surface area contributed by atoms with Crippen LogP contribution in [0.15, 0.2) is 50.6 Å². The summed E-state index contributed by atoms with van der Waals surface area (Å²) in [5.74, 6) is 0. The summed E-state index contributed by atoms with van der Waals surface area (Å²) in [6.07, 6.45) is 11.6. The highest BCUT2D eigenvalue weighted by molar-refractivity contribution is 5.53. The van der Waals surface area contributed by atoms with Crippen molar-refractivity contribution in [3.8, 4) is 0 Å². The van der Waals surface area contributed by atoms with Gasteiger partial charge in [0.1, 0.15) is 0 Å². The standard InChI is InChI=1S/C20H26/c1-7-11-17-15(5)16(6)18(12-8-2)20(14-10-4)19(17)13-9-3/h7-10H,1-4,11-14H2,5-6H3. The highest BCUT2D eigenvalue weighted by Gasteiger charge is 2.16. The van der Waals surface area contributed by atoms with E-state index in [2.05, 4.69) is 40.2 Å². The zero-order chi connectivity index (χ0) is 15.1. The summed E-state index contributed by atoms with van der Waals surface area (Å²) in [6.45, 7) is 20.1. The normalized spacial score (nSPS) is 10.1. The van der Waals surface area contributed by atoms with Crippen LogP contribution in [0.2, 0.25) is 0 Å². The molecule has 106 valence electrons. The summed E-state index contributed by atoms with van der Waals surface area (Å²) in [7, 11) is 0. The Morgan fingerprint density at radius 3 is 1.05 bits per heavy atom. The third kappa shape index (κ3) is 3.19. The monoisotopic (exact) mass is 266 g/mol. The van der Waals surface area contributed by atoms with E-state index in [1.165, 1.54) is 33.4 Å². The van der Waals surface area contributed by atoms with Crippen LogP contribution >= 0.6 is 0 Å². The second kappa shape index (κ2) is 7.69. The Bertz CT molecular complexity index is 481. The second-order valence-corrected chi connectivity index (χ2v) is 5.14. The van der Waals surface area contributed by atoms with Gasteiger partial charge in [0.25, 0.3) is 0 Å². The molecule has 0 aliphatic carbocycles. The van der Waals surface area contributed by atoms with E-state index in [1.54, 1.807) is 0 Å². The second-order valence-electron chi connectivity index (χ2n) is 5.14. The Balaban J connectivity index is 3.69. The van der Waals surface area contributed by atoms with E-state index in [0.29, 0.717) is 0 Å². The van der Waals surface area contributed by atoms with E-state index < -0.39 is 0 Å². The first-order valence-corrected chi connectivity index (χ1v) is 7.18. The van der Waals surface area contributed by atoms with Gasteiger partial charge in [-0.25, -0.2) is 0 Å². The minimum atomic E-state index is 0.900. The van der Waals surface area contributed by atoms with Gasteiger partial charge < -0.3 is 0 Å². The largest absolute Gasteiger partial charge is 0.103 e. The highest BCUT2D eigenvalue weighted by Crippen LogP contribution is 2.30. The van der Waals surface area contributed by atoms with E-state index in [4.69, 9.17) is 0 Å². The first-order chi connectivity index (χ1) is 9.62. The molecule has 0 atom stereocenters. The van der Waals surface area contributed by atoms with Gasteiger partial charge >= 0.3 is 0 Å². The summed E-state index contributed by atoms with van der Waals surface area (Å²) >= 11 is 0. The predicted octanol–water partition coefficient (Wildman–Crippen LogP) is 5.22. The van der Waals surface area contributed by atoms with E-state index >= 15 is 0 Å². The van der Waals surface area contributed by atoms with Crippen molar-refractivity contribution in [3.63, 3.8) is 0 Å². The predicted molar refractivity (Wildman–Crippen MR) is 91.5 cm³/mol. The maximum atomic E-state index is 3.91. The van der Waals surface area contributed by atoms with Crippen LogP contribution in [0.5, 0.6) is 0 Å². The van der Waals surface area contributed by atoms with Crippen molar-refractivity contribution in [2.75, 3.05) is 0 Å². The van der Waals surface area contributed by atoms with Crippen LogP contribution in [-0.4, -0.2) is 0 Å². The molecule has 20 heavy (non-hydrogen) atoms. The van der Waals surface area contributed by atoms with Crippen molar-refractivity contribution in [1.29, 1.82) is 0 Å². The van der Waals surface area contributed by atoms with E-state index in [-0.39, 0.29) is 0 Å². The Kier molecular flexibility index (Phi) is 6.24. The minimum absolute atomic E-state index is 0.900. The Labute approximate surface area is 124 Å². The van der Waals surface area contributed by atoms with Gasteiger partial charge in [-0.2, -0.15) is 0 Å². The fraction of sp³-hybridized carbons (Fsp3) is 0.300. The molecule has 0 bridgehead atoms. The van der Waals surface area contributed by atoms with Crippen LogP contribution in [-0.2, 0) is 25.7 Å². The van der Waals surface area contributed by atoms with Gasteiger partial charge in [-0.3, -0.25) is 0 Å². The maximum Gasteiger partial charge on any atom is -0.00942 e. The molecular weight excluding hydrogens is 240 g/mol. The molecule has 0 radical (unpaired) electrons. The summed E-state index contributed by atoms with van der Waals surface area (Å²) in [5.41, 5.74) is 8.38. The van der Waals surface area contributed by atoms with Crippen LogP contribution in [0.1, 0.15) is 33.4 Å². The van der Waals surface area contributed by atoms with Crippen molar-refractivity contribution >= 4 is 0 Å². The van der Waals surface area contributed by atoms with Gasteiger partial charge in [0.2, 0.25) is 0 Å². The molecule has 0 heteroatoms. The third-order valence-electron chi connectivity index (χ3n) is 3.95. The summed E-state index contributed by atoms with van der Waals surface area (Å²) in [6, 6.07) is 0. The molecule has 1 rings (SSSR count). The lowest BCUT2D eigenvalue weighted by molar-refractivity contribution is 1.00. The lowest BCUT2D eigenvalue weighted by atomic mass is 9.83. The van der Waals surface area contributed by atoms with Crippen molar-refractivity contribution in [2.24, 2.45) is 0 Å². The molecule has 0 aliphatic heterocycles. The zero-order valence-electron chi connectivity index (χ0n) is 13.0. The number of hydrogen-bond acceptors (Lipinski definition) is 0. The van der Waals surface area contributed by atoms with Crippen LogP contribution in [0, 0.1) is 13.8 Å². The van der Waals surface area contributed by atoms with Crippen LogP contribution < -0.4 is 0 Å². The number of rotatable bonds is 8. The van der Waals surface area contributed by atoms with E-state index in [9.17, 15) is 0 Å². The minimum Gasteiger partial charge on any atom is -0.103 e. The van der Waals surface area contributed by atoms with E-state index in [1.807, 2.05) is 24.3 Å². The molecule has 0 aromatic heterocycles. The molecule has 1 aromatic carbocycles. The molecular formula is C20H26. The first kappa shape index (κ1) is 16.2. The summed E-state index contributed by atoms with van der Waals surface area (Å²) in [4.78, 5) is 0. The Morgan fingerprint density at radius 1 is 0.550 bits per heavy atom. The van der Waals surface area contributed by atoms with Gasteiger partial charge in [0, 0.05) is 0 Å². The van der Waals surface area contributed by atoms with Crippen LogP contribution in [0.3, 0.4) is 0 Å². The maximum absolute atomic E-state index is 3.91. The number of allylic oxidation sites excluding steroid dienone is 4. The zero-order valence-corrected chi connectivity index (χ0v) is 13.0. The average Bonchev–Trinajstić information content (AvgIpc) is 2.44. The van der Waals surface area contributed by atoms with Gasteiger partial charge in [-0.15, -0.1) is 26.3 Å². The molecule has 0 saturated heterocycles. The first-order valence-electron chi connectivity index (χ1n) is 7.18. The number of hydrogen-bond donors (Lipinski definition) is 0.